The van der Waals surface area contributed by atoms with Gasteiger partial charge in [-0.3, -0.25) is 0 Å². The second kappa shape index (κ2) is 8.73. The molecule has 0 radical (unpaired) electrons. The Labute approximate surface area is 140 Å². The molecular formula is C21H29NO. The summed E-state index contributed by atoms with van der Waals surface area (Å²) in [5.41, 5.74) is 9.86. The van der Waals surface area contributed by atoms with Crippen LogP contribution in [-0.2, 0) is 0 Å². The largest absolute Gasteiger partial charge is 0.493 e. The van der Waals surface area contributed by atoms with E-state index in [0.29, 0.717) is 18.4 Å². The second-order valence-electron chi connectivity index (χ2n) is 6.53. The van der Waals surface area contributed by atoms with Gasteiger partial charge in [-0.2, -0.15) is 0 Å². The zero-order valence-corrected chi connectivity index (χ0v) is 14.6. The molecule has 2 nitrogen and oxygen atoms in total. The van der Waals surface area contributed by atoms with Gasteiger partial charge in [0.15, 0.2) is 0 Å². The Morgan fingerprint density at radius 1 is 1.00 bits per heavy atom. The van der Waals surface area contributed by atoms with Crippen LogP contribution >= 0.6 is 0 Å². The van der Waals surface area contributed by atoms with Crippen molar-refractivity contribution in [2.75, 3.05) is 13.2 Å². The first-order chi connectivity index (χ1) is 11.1. The third kappa shape index (κ3) is 5.11. The van der Waals surface area contributed by atoms with E-state index >= 15 is 0 Å². The van der Waals surface area contributed by atoms with Gasteiger partial charge in [-0.25, -0.2) is 0 Å². The van der Waals surface area contributed by atoms with Crippen LogP contribution in [0.3, 0.4) is 0 Å². The van der Waals surface area contributed by atoms with Crippen LogP contribution in [0, 0.1) is 6.92 Å². The summed E-state index contributed by atoms with van der Waals surface area (Å²) < 4.78 is 6.01. The number of benzene rings is 2. The highest BCUT2D eigenvalue weighted by molar-refractivity contribution is 5.35. The summed E-state index contributed by atoms with van der Waals surface area (Å²) >= 11 is 0. The van der Waals surface area contributed by atoms with Crippen LogP contribution in [0.15, 0.2) is 48.5 Å². The zero-order valence-electron chi connectivity index (χ0n) is 14.6. The van der Waals surface area contributed by atoms with Gasteiger partial charge in [-0.1, -0.05) is 61.9 Å². The minimum atomic E-state index is 0.416. The molecule has 0 saturated heterocycles. The lowest BCUT2D eigenvalue weighted by molar-refractivity contribution is 0.298. The Morgan fingerprint density at radius 3 is 2.35 bits per heavy atom. The highest BCUT2D eigenvalue weighted by atomic mass is 16.5. The maximum absolute atomic E-state index is 6.01. The van der Waals surface area contributed by atoms with E-state index in [9.17, 15) is 0 Å². The quantitative estimate of drug-likeness (QED) is 0.695. The minimum absolute atomic E-state index is 0.416. The van der Waals surface area contributed by atoms with Crippen molar-refractivity contribution in [3.8, 4) is 5.75 Å². The van der Waals surface area contributed by atoms with Gasteiger partial charge in [0, 0.05) is 0 Å². The van der Waals surface area contributed by atoms with Crippen LogP contribution in [0.1, 0.15) is 55.2 Å². The monoisotopic (exact) mass is 311 g/mol. The molecule has 0 saturated carbocycles. The summed E-state index contributed by atoms with van der Waals surface area (Å²) in [5.74, 6) is 1.91. The lowest BCUT2D eigenvalue weighted by atomic mass is 9.94. The molecule has 2 rings (SSSR count). The number of aryl methyl sites for hydroxylation is 1. The van der Waals surface area contributed by atoms with E-state index in [2.05, 4.69) is 63.2 Å². The topological polar surface area (TPSA) is 35.2 Å². The summed E-state index contributed by atoms with van der Waals surface area (Å²) in [6.07, 6.45) is 2.07. The first kappa shape index (κ1) is 17.6. The molecule has 0 bridgehead atoms. The molecule has 23 heavy (non-hydrogen) atoms. The van der Waals surface area contributed by atoms with E-state index in [1.54, 1.807) is 0 Å². The molecule has 0 amide bonds. The average Bonchev–Trinajstić information content (AvgIpc) is 2.56. The van der Waals surface area contributed by atoms with Crippen molar-refractivity contribution >= 4 is 0 Å². The van der Waals surface area contributed by atoms with E-state index in [0.717, 1.165) is 25.2 Å². The molecule has 1 atom stereocenters. The fourth-order valence-corrected chi connectivity index (χ4v) is 2.86. The zero-order chi connectivity index (χ0) is 16.7. The lowest BCUT2D eigenvalue weighted by Gasteiger charge is -2.17. The predicted molar refractivity (Wildman–Crippen MR) is 98.2 cm³/mol. The van der Waals surface area contributed by atoms with E-state index in [-0.39, 0.29) is 0 Å². The van der Waals surface area contributed by atoms with Crippen LogP contribution in [0.5, 0.6) is 5.75 Å². The van der Waals surface area contributed by atoms with Crippen molar-refractivity contribution in [2.24, 2.45) is 5.73 Å². The van der Waals surface area contributed by atoms with Gasteiger partial charge in [0.25, 0.3) is 0 Å². The Balaban J connectivity index is 1.86. The predicted octanol–water partition coefficient (Wildman–Crippen LogP) is 5.02. The van der Waals surface area contributed by atoms with Crippen LogP contribution in [-0.4, -0.2) is 13.2 Å². The summed E-state index contributed by atoms with van der Waals surface area (Å²) in [4.78, 5) is 0. The van der Waals surface area contributed by atoms with Gasteiger partial charge in [0.05, 0.1) is 6.61 Å². The highest BCUT2D eigenvalue weighted by Gasteiger charge is 2.10. The lowest BCUT2D eigenvalue weighted by Crippen LogP contribution is -2.14. The fourth-order valence-electron chi connectivity index (χ4n) is 2.86. The molecule has 2 N–H and O–H groups in total. The minimum Gasteiger partial charge on any atom is -0.493 e. The molecule has 0 spiro atoms. The molecule has 0 aliphatic heterocycles. The van der Waals surface area contributed by atoms with E-state index in [4.69, 9.17) is 10.5 Å². The van der Waals surface area contributed by atoms with Crippen molar-refractivity contribution in [3.63, 3.8) is 0 Å². The van der Waals surface area contributed by atoms with E-state index in [1.165, 1.54) is 16.7 Å². The summed E-state index contributed by atoms with van der Waals surface area (Å²) in [5, 5.41) is 0. The Bertz CT molecular complexity index is 589. The molecule has 0 heterocycles. The molecule has 0 aliphatic rings. The summed E-state index contributed by atoms with van der Waals surface area (Å²) in [6.45, 7) is 7.94. The van der Waals surface area contributed by atoms with Crippen LogP contribution in [0.2, 0.25) is 0 Å². The van der Waals surface area contributed by atoms with E-state index < -0.39 is 0 Å². The molecule has 0 aromatic heterocycles. The average molecular weight is 311 g/mol. The Morgan fingerprint density at radius 2 is 1.70 bits per heavy atom. The van der Waals surface area contributed by atoms with Crippen molar-refractivity contribution in [1.82, 2.24) is 0 Å². The van der Waals surface area contributed by atoms with Gasteiger partial charge in [0.1, 0.15) is 5.75 Å². The van der Waals surface area contributed by atoms with Crippen LogP contribution in [0.4, 0.5) is 0 Å². The second-order valence-corrected chi connectivity index (χ2v) is 6.53. The molecule has 0 fully saturated rings. The number of hydrogen-bond acceptors (Lipinski definition) is 2. The first-order valence-corrected chi connectivity index (χ1v) is 8.60. The summed E-state index contributed by atoms with van der Waals surface area (Å²) in [7, 11) is 0. The molecule has 124 valence electrons. The Kier molecular flexibility index (Phi) is 6.66. The fraction of sp³-hybridized carbons (Fsp3) is 0.429. The van der Waals surface area contributed by atoms with Crippen LogP contribution in [0.25, 0.3) is 0 Å². The molecular weight excluding hydrogens is 282 g/mol. The molecule has 2 heteroatoms. The maximum Gasteiger partial charge on any atom is 0.122 e. The van der Waals surface area contributed by atoms with Crippen molar-refractivity contribution in [3.05, 3.63) is 65.2 Å². The van der Waals surface area contributed by atoms with Crippen LogP contribution < -0.4 is 10.5 Å². The molecule has 1 unspecified atom stereocenters. The van der Waals surface area contributed by atoms with Crippen molar-refractivity contribution in [2.45, 2.75) is 45.4 Å². The number of nitrogens with two attached hydrogens (primary N) is 1. The van der Waals surface area contributed by atoms with Gasteiger partial charge >= 0.3 is 0 Å². The number of ether oxygens (including phenoxy) is 1. The smallest absolute Gasteiger partial charge is 0.122 e. The third-order valence-corrected chi connectivity index (χ3v) is 4.33. The summed E-state index contributed by atoms with van der Waals surface area (Å²) in [6, 6.07) is 17.0. The third-order valence-electron chi connectivity index (χ3n) is 4.33. The maximum atomic E-state index is 6.01. The van der Waals surface area contributed by atoms with Crippen molar-refractivity contribution < 1.29 is 4.74 Å². The van der Waals surface area contributed by atoms with Gasteiger partial charge in [0.2, 0.25) is 0 Å². The van der Waals surface area contributed by atoms with Gasteiger partial charge < -0.3 is 10.5 Å². The van der Waals surface area contributed by atoms with Gasteiger partial charge in [-0.15, -0.1) is 0 Å². The van der Waals surface area contributed by atoms with E-state index in [1.807, 2.05) is 6.07 Å². The number of rotatable bonds is 8. The first-order valence-electron chi connectivity index (χ1n) is 8.60. The number of hydrogen-bond donors (Lipinski definition) is 1. The highest BCUT2D eigenvalue weighted by Crippen LogP contribution is 2.26. The van der Waals surface area contributed by atoms with Gasteiger partial charge in [-0.05, 0) is 55.3 Å². The SMILES string of the molecule is Cc1ccc(C(CN)CCCOc2ccccc2C(C)C)cc1. The Hall–Kier alpha value is -1.80. The molecule has 2 aromatic carbocycles. The molecule has 2 aromatic rings. The van der Waals surface area contributed by atoms with Crippen molar-refractivity contribution in [1.29, 1.82) is 0 Å². The number of para-hydroxylation sites is 1. The standard InChI is InChI=1S/C21H29NO/c1-16(2)20-8-4-5-9-21(20)23-14-6-7-19(15-22)18-12-10-17(3)11-13-18/h4-5,8-13,16,19H,6-7,14-15,22H2,1-3H3. The molecule has 0 aliphatic carbocycles. The normalized spacial score (nSPS) is 12.4.